The molecule has 5 heteroatoms. The number of aromatic hydroxyl groups is 1. The highest BCUT2D eigenvalue weighted by Gasteiger charge is 2.32. The van der Waals surface area contributed by atoms with Crippen molar-refractivity contribution in [1.29, 1.82) is 0 Å². The standard InChI is InChI=1S/C15H19NO4/c16-14-2-8(1-9-5-18-9)12(3-10-6-19-10)13(15(14)17)4-11-7-20-11/h2,9-11,17H,1,3-7,16H2. The van der Waals surface area contributed by atoms with Gasteiger partial charge in [-0.1, -0.05) is 0 Å². The summed E-state index contributed by atoms with van der Waals surface area (Å²) in [4.78, 5) is 0. The van der Waals surface area contributed by atoms with Gasteiger partial charge in [0.15, 0.2) is 0 Å². The molecule has 3 aliphatic heterocycles. The van der Waals surface area contributed by atoms with E-state index in [1.807, 2.05) is 6.07 Å². The average molecular weight is 277 g/mol. The number of nitrogen functional groups attached to an aromatic ring is 1. The maximum atomic E-state index is 10.3. The maximum Gasteiger partial charge on any atom is 0.142 e. The highest BCUT2D eigenvalue weighted by atomic mass is 16.6. The summed E-state index contributed by atoms with van der Waals surface area (Å²) in [5.41, 5.74) is 9.74. The van der Waals surface area contributed by atoms with E-state index in [1.54, 1.807) is 0 Å². The maximum absolute atomic E-state index is 10.3. The number of rotatable bonds is 6. The van der Waals surface area contributed by atoms with Gasteiger partial charge in [-0.2, -0.15) is 0 Å². The van der Waals surface area contributed by atoms with Crippen molar-refractivity contribution >= 4 is 5.69 Å². The monoisotopic (exact) mass is 277 g/mol. The van der Waals surface area contributed by atoms with Gasteiger partial charge in [-0.25, -0.2) is 0 Å². The van der Waals surface area contributed by atoms with Crippen molar-refractivity contribution in [2.24, 2.45) is 0 Å². The first kappa shape index (κ1) is 12.4. The minimum absolute atomic E-state index is 0.219. The van der Waals surface area contributed by atoms with Crippen LogP contribution in [-0.4, -0.2) is 43.2 Å². The van der Waals surface area contributed by atoms with Crippen LogP contribution in [0.3, 0.4) is 0 Å². The van der Waals surface area contributed by atoms with Gasteiger partial charge in [0, 0.05) is 24.8 Å². The Kier molecular flexibility index (Phi) is 2.87. The second-order valence-corrected chi connectivity index (χ2v) is 5.91. The van der Waals surface area contributed by atoms with Crippen molar-refractivity contribution in [3.8, 4) is 5.75 Å². The topological polar surface area (TPSA) is 83.8 Å². The molecule has 0 aromatic heterocycles. The van der Waals surface area contributed by atoms with Crippen molar-refractivity contribution in [3.05, 3.63) is 22.8 Å². The predicted molar refractivity (Wildman–Crippen MR) is 72.9 cm³/mol. The highest BCUT2D eigenvalue weighted by molar-refractivity contribution is 5.62. The van der Waals surface area contributed by atoms with Gasteiger partial charge in [-0.3, -0.25) is 0 Å². The quantitative estimate of drug-likeness (QED) is 0.456. The lowest BCUT2D eigenvalue weighted by molar-refractivity contribution is 0.393. The number of ether oxygens (including phenoxy) is 3. The first-order chi connectivity index (χ1) is 9.70. The molecular formula is C15H19NO4. The normalized spacial score (nSPS) is 30.3. The molecule has 4 rings (SSSR count). The average Bonchev–Trinajstić information content (AvgIpc) is 3.22. The SMILES string of the molecule is Nc1cc(CC2CO2)c(CC2CO2)c(CC2CO2)c1O. The van der Waals surface area contributed by atoms with Crippen LogP contribution < -0.4 is 5.73 Å². The Morgan fingerprint density at radius 2 is 1.45 bits per heavy atom. The van der Waals surface area contributed by atoms with Crippen LogP contribution in [0.4, 0.5) is 5.69 Å². The molecule has 3 N–H and O–H groups in total. The summed E-state index contributed by atoms with van der Waals surface area (Å²) in [6.07, 6.45) is 3.27. The van der Waals surface area contributed by atoms with Crippen LogP contribution in [0.15, 0.2) is 6.07 Å². The van der Waals surface area contributed by atoms with Crippen LogP contribution in [0.5, 0.6) is 5.75 Å². The molecule has 0 saturated carbocycles. The van der Waals surface area contributed by atoms with Crippen molar-refractivity contribution in [2.75, 3.05) is 25.6 Å². The molecule has 5 nitrogen and oxygen atoms in total. The number of nitrogens with two attached hydrogens (primary N) is 1. The zero-order chi connectivity index (χ0) is 13.7. The Labute approximate surface area is 117 Å². The number of benzene rings is 1. The Hall–Kier alpha value is -1.30. The molecule has 1 aromatic carbocycles. The van der Waals surface area contributed by atoms with Crippen molar-refractivity contribution in [2.45, 2.75) is 37.6 Å². The third-order valence-electron chi connectivity index (χ3n) is 4.16. The number of anilines is 1. The van der Waals surface area contributed by atoms with Crippen LogP contribution in [-0.2, 0) is 33.5 Å². The van der Waals surface area contributed by atoms with E-state index < -0.39 is 0 Å². The summed E-state index contributed by atoms with van der Waals surface area (Å²) in [7, 11) is 0. The minimum atomic E-state index is 0.219. The third-order valence-corrected chi connectivity index (χ3v) is 4.16. The lowest BCUT2D eigenvalue weighted by Crippen LogP contribution is -2.10. The fourth-order valence-corrected chi connectivity index (χ4v) is 2.77. The van der Waals surface area contributed by atoms with Gasteiger partial charge >= 0.3 is 0 Å². The van der Waals surface area contributed by atoms with Crippen LogP contribution in [0, 0.1) is 0 Å². The molecule has 1 aromatic rings. The molecule has 3 fully saturated rings. The van der Waals surface area contributed by atoms with Gasteiger partial charge in [0.05, 0.1) is 43.8 Å². The number of hydrogen-bond acceptors (Lipinski definition) is 5. The van der Waals surface area contributed by atoms with Crippen LogP contribution in [0.25, 0.3) is 0 Å². The van der Waals surface area contributed by atoms with Crippen LogP contribution in [0.1, 0.15) is 16.7 Å². The molecule has 20 heavy (non-hydrogen) atoms. The fourth-order valence-electron chi connectivity index (χ4n) is 2.77. The molecule has 3 saturated heterocycles. The summed E-state index contributed by atoms with van der Waals surface area (Å²) < 4.78 is 16.0. The smallest absolute Gasteiger partial charge is 0.142 e. The summed E-state index contributed by atoms with van der Waals surface area (Å²) in [6, 6.07) is 1.89. The second kappa shape index (κ2) is 4.62. The summed E-state index contributed by atoms with van der Waals surface area (Å²) in [5.74, 6) is 0.219. The van der Waals surface area contributed by atoms with E-state index in [1.165, 1.54) is 11.1 Å². The van der Waals surface area contributed by atoms with E-state index in [2.05, 4.69) is 0 Å². The van der Waals surface area contributed by atoms with E-state index in [0.717, 1.165) is 44.6 Å². The molecule has 3 unspecified atom stereocenters. The van der Waals surface area contributed by atoms with Gasteiger partial charge in [0.25, 0.3) is 0 Å². The van der Waals surface area contributed by atoms with E-state index in [-0.39, 0.29) is 18.0 Å². The molecule has 108 valence electrons. The first-order valence-electron chi connectivity index (χ1n) is 7.17. The predicted octanol–water partition coefficient (Wildman–Crippen LogP) is 0.798. The number of hydrogen-bond donors (Lipinski definition) is 2. The fraction of sp³-hybridized carbons (Fsp3) is 0.600. The zero-order valence-electron chi connectivity index (χ0n) is 11.3. The van der Waals surface area contributed by atoms with Gasteiger partial charge in [-0.05, 0) is 17.2 Å². The molecule has 0 radical (unpaired) electrons. The van der Waals surface area contributed by atoms with E-state index >= 15 is 0 Å². The third kappa shape index (κ3) is 2.61. The zero-order valence-corrected chi connectivity index (χ0v) is 11.3. The van der Waals surface area contributed by atoms with Crippen molar-refractivity contribution < 1.29 is 19.3 Å². The van der Waals surface area contributed by atoms with Crippen LogP contribution >= 0.6 is 0 Å². The van der Waals surface area contributed by atoms with Gasteiger partial charge in [0.1, 0.15) is 5.75 Å². The first-order valence-corrected chi connectivity index (χ1v) is 7.17. The van der Waals surface area contributed by atoms with Crippen molar-refractivity contribution in [1.82, 2.24) is 0 Å². The molecule has 0 bridgehead atoms. The molecule has 3 heterocycles. The molecule has 3 atom stereocenters. The summed E-state index contributed by atoms with van der Waals surface area (Å²) in [6.45, 7) is 2.40. The lowest BCUT2D eigenvalue weighted by Gasteiger charge is -2.17. The summed E-state index contributed by atoms with van der Waals surface area (Å²) in [5, 5.41) is 10.3. The lowest BCUT2D eigenvalue weighted by atomic mass is 9.90. The number of epoxide rings is 3. The second-order valence-electron chi connectivity index (χ2n) is 5.91. The molecular weight excluding hydrogens is 258 g/mol. The Morgan fingerprint density at radius 3 is 2.00 bits per heavy atom. The molecule has 0 amide bonds. The number of phenolic OH excluding ortho intramolecular Hbond substituents is 1. The Bertz CT molecular complexity index is 533. The van der Waals surface area contributed by atoms with E-state index in [9.17, 15) is 5.11 Å². The van der Waals surface area contributed by atoms with Gasteiger partial charge in [-0.15, -0.1) is 0 Å². The largest absolute Gasteiger partial charge is 0.505 e. The Morgan fingerprint density at radius 1 is 0.950 bits per heavy atom. The molecule has 0 spiro atoms. The van der Waals surface area contributed by atoms with Gasteiger partial charge in [0.2, 0.25) is 0 Å². The molecule has 0 aliphatic carbocycles. The Balaban J connectivity index is 1.71. The highest BCUT2D eigenvalue weighted by Crippen LogP contribution is 2.37. The summed E-state index contributed by atoms with van der Waals surface area (Å²) >= 11 is 0. The van der Waals surface area contributed by atoms with E-state index in [4.69, 9.17) is 19.9 Å². The van der Waals surface area contributed by atoms with Crippen molar-refractivity contribution in [3.63, 3.8) is 0 Å². The minimum Gasteiger partial charge on any atom is -0.505 e. The molecule has 3 aliphatic rings. The number of phenols is 1. The van der Waals surface area contributed by atoms with E-state index in [0.29, 0.717) is 11.8 Å². The van der Waals surface area contributed by atoms with Gasteiger partial charge < -0.3 is 25.1 Å². The van der Waals surface area contributed by atoms with Crippen LogP contribution in [0.2, 0.25) is 0 Å².